The third kappa shape index (κ3) is 3.63. The first-order valence-corrected chi connectivity index (χ1v) is 6.98. The van der Waals surface area contributed by atoms with E-state index in [9.17, 15) is 9.59 Å². The van der Waals surface area contributed by atoms with Crippen molar-refractivity contribution in [2.24, 2.45) is 5.92 Å². The van der Waals surface area contributed by atoms with Gasteiger partial charge < -0.3 is 15.4 Å². The van der Waals surface area contributed by atoms with Crippen molar-refractivity contribution in [2.75, 3.05) is 18.5 Å². The Kier molecular flexibility index (Phi) is 4.84. The lowest BCUT2D eigenvalue weighted by molar-refractivity contribution is -0.126. The minimum Gasteiger partial charge on any atom is -0.492 e. The summed E-state index contributed by atoms with van der Waals surface area (Å²) in [6, 6.07) is 5.10. The predicted octanol–water partition coefficient (Wildman–Crippen LogP) is 2.20. The number of rotatable bonds is 4. The first-order valence-electron chi connectivity index (χ1n) is 6.60. The van der Waals surface area contributed by atoms with Crippen LogP contribution in [0.15, 0.2) is 18.2 Å². The van der Waals surface area contributed by atoms with Crippen LogP contribution in [0.25, 0.3) is 0 Å². The fourth-order valence-electron chi connectivity index (χ4n) is 2.07. The first-order chi connectivity index (χ1) is 9.60. The lowest BCUT2D eigenvalue weighted by Gasteiger charge is -2.22. The molecule has 0 radical (unpaired) electrons. The summed E-state index contributed by atoms with van der Waals surface area (Å²) < 4.78 is 5.45. The first kappa shape index (κ1) is 14.7. The monoisotopic (exact) mass is 296 g/mol. The van der Waals surface area contributed by atoms with E-state index in [0.717, 1.165) is 0 Å². The van der Waals surface area contributed by atoms with E-state index in [1.165, 1.54) is 0 Å². The molecule has 0 aromatic heterocycles. The largest absolute Gasteiger partial charge is 0.492 e. The normalized spacial score (nSPS) is 18.3. The number of benzene rings is 1. The van der Waals surface area contributed by atoms with E-state index in [0.29, 0.717) is 42.5 Å². The highest BCUT2D eigenvalue weighted by Crippen LogP contribution is 2.29. The third-order valence-electron chi connectivity index (χ3n) is 3.14. The van der Waals surface area contributed by atoms with Gasteiger partial charge in [-0.1, -0.05) is 11.6 Å². The second kappa shape index (κ2) is 6.61. The van der Waals surface area contributed by atoms with Crippen LogP contribution in [0.3, 0.4) is 0 Å². The smallest absolute Gasteiger partial charge is 0.229 e. The molecular formula is C14H17ClN2O3. The molecule has 108 valence electrons. The minimum atomic E-state index is -0.221. The summed E-state index contributed by atoms with van der Waals surface area (Å²) in [7, 11) is 0. The number of anilines is 1. The summed E-state index contributed by atoms with van der Waals surface area (Å²) in [5.74, 6) is 0.228. The molecule has 0 bridgehead atoms. The standard InChI is InChI=1S/C14H17ClN2O3/c1-2-20-12-5-4-10(15)7-11(12)17-14(19)9-3-6-13(18)16-8-9/h4-5,7,9H,2-3,6,8H2,1H3,(H,16,18)(H,17,19). The van der Waals surface area contributed by atoms with Crippen molar-refractivity contribution in [2.45, 2.75) is 19.8 Å². The Morgan fingerprint density at radius 2 is 2.35 bits per heavy atom. The fourth-order valence-corrected chi connectivity index (χ4v) is 2.24. The lowest BCUT2D eigenvalue weighted by Crippen LogP contribution is -2.40. The Bertz CT molecular complexity index is 509. The highest BCUT2D eigenvalue weighted by atomic mass is 35.5. The topological polar surface area (TPSA) is 67.4 Å². The van der Waals surface area contributed by atoms with E-state index in [4.69, 9.17) is 16.3 Å². The molecule has 1 unspecified atom stereocenters. The average molecular weight is 297 g/mol. The van der Waals surface area contributed by atoms with Crippen LogP contribution < -0.4 is 15.4 Å². The Balaban J connectivity index is 2.06. The van der Waals surface area contributed by atoms with Crippen LogP contribution in [0.4, 0.5) is 5.69 Å². The summed E-state index contributed by atoms with van der Waals surface area (Å²) in [5.41, 5.74) is 0.557. The van der Waals surface area contributed by atoms with Gasteiger partial charge in [-0.3, -0.25) is 9.59 Å². The molecule has 1 saturated heterocycles. The molecule has 0 spiro atoms. The van der Waals surface area contributed by atoms with Gasteiger partial charge in [0.1, 0.15) is 5.75 Å². The summed E-state index contributed by atoms with van der Waals surface area (Å²) in [6.07, 6.45) is 0.939. The van der Waals surface area contributed by atoms with Gasteiger partial charge in [-0.05, 0) is 31.5 Å². The summed E-state index contributed by atoms with van der Waals surface area (Å²) >= 11 is 5.94. The molecule has 20 heavy (non-hydrogen) atoms. The van der Waals surface area contributed by atoms with Gasteiger partial charge in [-0.2, -0.15) is 0 Å². The van der Waals surface area contributed by atoms with Gasteiger partial charge in [-0.25, -0.2) is 0 Å². The summed E-state index contributed by atoms with van der Waals surface area (Å²) in [5, 5.41) is 6.04. The average Bonchev–Trinajstić information content (AvgIpc) is 2.42. The van der Waals surface area contributed by atoms with Crippen LogP contribution in [0.1, 0.15) is 19.8 Å². The van der Waals surface area contributed by atoms with Gasteiger partial charge in [0.05, 0.1) is 18.2 Å². The number of halogens is 1. The molecule has 1 aromatic carbocycles. The van der Waals surface area contributed by atoms with Crippen LogP contribution >= 0.6 is 11.6 Å². The maximum atomic E-state index is 12.2. The van der Waals surface area contributed by atoms with E-state index < -0.39 is 0 Å². The molecule has 2 rings (SSSR count). The van der Waals surface area contributed by atoms with Gasteiger partial charge in [-0.15, -0.1) is 0 Å². The minimum absolute atomic E-state index is 0.00758. The number of piperidine rings is 1. The van der Waals surface area contributed by atoms with Gasteiger partial charge in [0.2, 0.25) is 11.8 Å². The van der Waals surface area contributed by atoms with Crippen molar-refractivity contribution in [1.82, 2.24) is 5.32 Å². The summed E-state index contributed by atoms with van der Waals surface area (Å²) in [6.45, 7) is 2.75. The molecule has 2 amide bonds. The van der Waals surface area contributed by atoms with E-state index >= 15 is 0 Å². The molecule has 1 aromatic rings. The number of carbonyl (C=O) groups excluding carboxylic acids is 2. The van der Waals surface area contributed by atoms with Crippen LogP contribution in [0, 0.1) is 5.92 Å². The molecule has 1 atom stereocenters. The Morgan fingerprint density at radius 3 is 3.00 bits per heavy atom. The molecular weight excluding hydrogens is 280 g/mol. The zero-order valence-electron chi connectivity index (χ0n) is 11.2. The van der Waals surface area contributed by atoms with E-state index in [2.05, 4.69) is 10.6 Å². The number of carbonyl (C=O) groups is 2. The Labute approximate surface area is 122 Å². The molecule has 6 heteroatoms. The number of nitrogens with one attached hydrogen (secondary N) is 2. The molecule has 0 aliphatic carbocycles. The van der Waals surface area contributed by atoms with Crippen molar-refractivity contribution in [3.05, 3.63) is 23.2 Å². The second-order valence-electron chi connectivity index (χ2n) is 4.60. The van der Waals surface area contributed by atoms with E-state index in [1.54, 1.807) is 18.2 Å². The van der Waals surface area contributed by atoms with Crippen molar-refractivity contribution in [3.8, 4) is 5.75 Å². The SMILES string of the molecule is CCOc1ccc(Cl)cc1NC(=O)C1CCC(=O)NC1. The van der Waals surface area contributed by atoms with Gasteiger partial charge >= 0.3 is 0 Å². The van der Waals surface area contributed by atoms with Crippen LogP contribution in [0.2, 0.25) is 5.02 Å². The van der Waals surface area contributed by atoms with E-state index in [1.807, 2.05) is 6.92 Å². The maximum Gasteiger partial charge on any atom is 0.229 e. The lowest BCUT2D eigenvalue weighted by atomic mass is 9.98. The number of ether oxygens (including phenoxy) is 1. The third-order valence-corrected chi connectivity index (χ3v) is 3.37. The highest BCUT2D eigenvalue weighted by Gasteiger charge is 2.25. The van der Waals surface area contributed by atoms with Gasteiger partial charge in [0.25, 0.3) is 0 Å². The Morgan fingerprint density at radius 1 is 1.55 bits per heavy atom. The van der Waals surface area contributed by atoms with Gasteiger partial charge in [0, 0.05) is 18.0 Å². The molecule has 5 nitrogen and oxygen atoms in total. The molecule has 1 aliphatic rings. The molecule has 1 fully saturated rings. The highest BCUT2D eigenvalue weighted by molar-refractivity contribution is 6.31. The number of amides is 2. The van der Waals surface area contributed by atoms with Crippen LogP contribution in [-0.2, 0) is 9.59 Å². The Hall–Kier alpha value is -1.75. The van der Waals surface area contributed by atoms with Crippen molar-refractivity contribution in [3.63, 3.8) is 0 Å². The van der Waals surface area contributed by atoms with Gasteiger partial charge in [0.15, 0.2) is 0 Å². The quantitative estimate of drug-likeness (QED) is 0.895. The van der Waals surface area contributed by atoms with Crippen LogP contribution in [-0.4, -0.2) is 25.0 Å². The molecule has 0 saturated carbocycles. The maximum absolute atomic E-state index is 12.2. The second-order valence-corrected chi connectivity index (χ2v) is 5.04. The summed E-state index contributed by atoms with van der Waals surface area (Å²) in [4.78, 5) is 23.3. The zero-order valence-corrected chi connectivity index (χ0v) is 12.0. The van der Waals surface area contributed by atoms with Crippen molar-refractivity contribution < 1.29 is 14.3 Å². The molecule has 1 aliphatic heterocycles. The number of hydrogen-bond acceptors (Lipinski definition) is 3. The molecule has 2 N–H and O–H groups in total. The predicted molar refractivity (Wildman–Crippen MR) is 77.0 cm³/mol. The molecule has 1 heterocycles. The fraction of sp³-hybridized carbons (Fsp3) is 0.429. The number of hydrogen-bond donors (Lipinski definition) is 2. The van der Waals surface area contributed by atoms with Crippen LogP contribution in [0.5, 0.6) is 5.75 Å². The van der Waals surface area contributed by atoms with Crippen molar-refractivity contribution in [1.29, 1.82) is 0 Å². The zero-order chi connectivity index (χ0) is 14.5. The van der Waals surface area contributed by atoms with E-state index in [-0.39, 0.29) is 17.7 Å². The van der Waals surface area contributed by atoms with Crippen molar-refractivity contribution >= 4 is 29.1 Å².